The molecule has 1 amide bonds. The minimum absolute atomic E-state index is 0.362. The van der Waals surface area contributed by atoms with Crippen LogP contribution in [0.1, 0.15) is 39.3 Å². The maximum atomic E-state index is 11.4. The fraction of sp³-hybridized carbons (Fsp3) is 0.625. The molecule has 0 saturated heterocycles. The molecule has 0 aliphatic heterocycles. The van der Waals surface area contributed by atoms with Gasteiger partial charge in [-0.15, -0.1) is 0 Å². The Bertz CT molecular complexity index is 458. The first kappa shape index (κ1) is 18.2. The van der Waals surface area contributed by atoms with Crippen molar-refractivity contribution in [1.82, 2.24) is 15.6 Å². The van der Waals surface area contributed by atoms with E-state index in [4.69, 9.17) is 9.47 Å². The number of aromatic nitrogens is 1. The van der Waals surface area contributed by atoms with Crippen molar-refractivity contribution in [3.63, 3.8) is 0 Å². The smallest absolute Gasteiger partial charge is 0.407 e. The van der Waals surface area contributed by atoms with Gasteiger partial charge in [0.25, 0.3) is 0 Å². The number of nitrogens with one attached hydrogen (secondary N) is 2. The Kier molecular flexibility index (Phi) is 7.66. The van der Waals surface area contributed by atoms with Crippen molar-refractivity contribution in [1.29, 1.82) is 0 Å². The molecule has 0 unspecified atom stereocenters. The molecule has 2 N–H and O–H groups in total. The number of hydrogen-bond acceptors (Lipinski definition) is 5. The average Bonchev–Trinajstić information content (AvgIpc) is 2.44. The number of ether oxygens (including phenoxy) is 2. The highest BCUT2D eigenvalue weighted by atomic mass is 16.6. The lowest BCUT2D eigenvalue weighted by Crippen LogP contribution is -2.33. The van der Waals surface area contributed by atoms with E-state index in [9.17, 15) is 4.79 Å². The summed E-state index contributed by atoms with van der Waals surface area (Å²) in [6.45, 7) is 7.69. The van der Waals surface area contributed by atoms with Crippen LogP contribution in [0.25, 0.3) is 0 Å². The van der Waals surface area contributed by atoms with Crippen LogP contribution in [0.4, 0.5) is 4.79 Å². The second-order valence-electron chi connectivity index (χ2n) is 5.96. The Morgan fingerprint density at radius 1 is 1.27 bits per heavy atom. The van der Waals surface area contributed by atoms with Gasteiger partial charge in [-0.3, -0.25) is 4.98 Å². The molecule has 6 nitrogen and oxygen atoms in total. The number of methoxy groups -OCH3 is 1. The summed E-state index contributed by atoms with van der Waals surface area (Å²) < 4.78 is 10.4. The van der Waals surface area contributed by atoms with Gasteiger partial charge in [0.2, 0.25) is 0 Å². The zero-order valence-corrected chi connectivity index (χ0v) is 13.9. The largest absolute Gasteiger partial charge is 0.495 e. The fourth-order valence-corrected chi connectivity index (χ4v) is 1.83. The van der Waals surface area contributed by atoms with E-state index in [2.05, 4.69) is 15.6 Å². The van der Waals surface area contributed by atoms with Crippen molar-refractivity contribution in [2.24, 2.45) is 0 Å². The number of hydrogen-bond donors (Lipinski definition) is 2. The van der Waals surface area contributed by atoms with E-state index in [1.807, 2.05) is 32.9 Å². The Morgan fingerprint density at radius 2 is 2.00 bits per heavy atom. The summed E-state index contributed by atoms with van der Waals surface area (Å²) in [5.74, 6) is 0.793. The van der Waals surface area contributed by atoms with Crippen LogP contribution in [-0.2, 0) is 11.3 Å². The van der Waals surface area contributed by atoms with Crippen molar-refractivity contribution >= 4 is 6.09 Å². The molecule has 0 aromatic carbocycles. The molecule has 0 saturated carbocycles. The highest BCUT2D eigenvalue weighted by Crippen LogP contribution is 2.13. The molecule has 0 spiro atoms. The van der Waals surface area contributed by atoms with Crippen LogP contribution in [0.15, 0.2) is 18.3 Å². The van der Waals surface area contributed by atoms with Gasteiger partial charge in [-0.2, -0.15) is 0 Å². The Hall–Kier alpha value is -1.82. The van der Waals surface area contributed by atoms with Crippen LogP contribution in [0.5, 0.6) is 5.75 Å². The molecule has 22 heavy (non-hydrogen) atoms. The van der Waals surface area contributed by atoms with Crippen molar-refractivity contribution in [2.45, 2.75) is 45.8 Å². The van der Waals surface area contributed by atoms with Crippen LogP contribution >= 0.6 is 0 Å². The predicted octanol–water partition coefficient (Wildman–Crippen LogP) is 2.48. The Morgan fingerprint density at radius 3 is 2.68 bits per heavy atom. The van der Waals surface area contributed by atoms with Gasteiger partial charge in [-0.25, -0.2) is 4.79 Å². The third-order valence-electron chi connectivity index (χ3n) is 2.81. The van der Waals surface area contributed by atoms with Gasteiger partial charge in [-0.05, 0) is 52.3 Å². The quantitative estimate of drug-likeness (QED) is 0.722. The van der Waals surface area contributed by atoms with Crippen LogP contribution in [0.3, 0.4) is 0 Å². The lowest BCUT2D eigenvalue weighted by atomic mass is 10.2. The van der Waals surface area contributed by atoms with Gasteiger partial charge in [-0.1, -0.05) is 0 Å². The van der Waals surface area contributed by atoms with Gasteiger partial charge in [0.1, 0.15) is 11.4 Å². The normalized spacial score (nSPS) is 11.1. The molecule has 0 aliphatic rings. The van der Waals surface area contributed by atoms with Crippen molar-refractivity contribution < 1.29 is 14.3 Å². The molecule has 0 aliphatic carbocycles. The van der Waals surface area contributed by atoms with Crippen LogP contribution in [-0.4, -0.2) is 36.9 Å². The predicted molar refractivity (Wildman–Crippen MR) is 86.0 cm³/mol. The zero-order chi connectivity index (χ0) is 16.4. The number of carbonyl (C=O) groups excluding carboxylic acids is 1. The SMILES string of the molecule is COc1cccnc1CNCCCCNC(=O)OC(C)(C)C. The van der Waals surface area contributed by atoms with E-state index >= 15 is 0 Å². The number of pyridine rings is 1. The number of alkyl carbamates (subject to hydrolysis) is 1. The highest BCUT2D eigenvalue weighted by molar-refractivity contribution is 5.67. The van der Waals surface area contributed by atoms with E-state index in [1.54, 1.807) is 13.3 Å². The zero-order valence-electron chi connectivity index (χ0n) is 13.9. The van der Waals surface area contributed by atoms with Gasteiger partial charge >= 0.3 is 6.09 Å². The minimum Gasteiger partial charge on any atom is -0.495 e. The average molecular weight is 309 g/mol. The molecule has 1 heterocycles. The molecule has 6 heteroatoms. The third kappa shape index (κ3) is 7.83. The summed E-state index contributed by atoms with van der Waals surface area (Å²) in [5, 5.41) is 6.06. The Labute approximate surface area is 132 Å². The number of amides is 1. The monoisotopic (exact) mass is 309 g/mol. The molecule has 1 aromatic heterocycles. The first-order chi connectivity index (χ1) is 10.4. The molecule has 1 aromatic rings. The van der Waals surface area contributed by atoms with Crippen molar-refractivity contribution in [2.75, 3.05) is 20.2 Å². The molecular formula is C16H27N3O3. The summed E-state index contributed by atoms with van der Waals surface area (Å²) in [6.07, 6.45) is 3.25. The fourth-order valence-electron chi connectivity index (χ4n) is 1.83. The summed E-state index contributed by atoms with van der Waals surface area (Å²) in [6, 6.07) is 3.75. The van der Waals surface area contributed by atoms with Crippen LogP contribution in [0, 0.1) is 0 Å². The number of nitrogens with zero attached hydrogens (tertiary/aromatic N) is 1. The topological polar surface area (TPSA) is 72.5 Å². The number of carbonyl (C=O) groups is 1. The molecule has 0 radical (unpaired) electrons. The van der Waals surface area contributed by atoms with Gasteiger partial charge in [0.05, 0.1) is 12.8 Å². The molecule has 0 fully saturated rings. The standard InChI is InChI=1S/C16H27N3O3/c1-16(2,3)22-15(20)19-10-6-5-9-17-12-13-14(21-4)8-7-11-18-13/h7-8,11,17H,5-6,9-10,12H2,1-4H3,(H,19,20). The van der Waals surface area contributed by atoms with E-state index in [-0.39, 0.29) is 6.09 Å². The van der Waals surface area contributed by atoms with E-state index < -0.39 is 5.60 Å². The third-order valence-corrected chi connectivity index (χ3v) is 2.81. The maximum absolute atomic E-state index is 11.4. The summed E-state index contributed by atoms with van der Waals surface area (Å²) in [4.78, 5) is 15.7. The van der Waals surface area contributed by atoms with Crippen LogP contribution < -0.4 is 15.4 Å². The maximum Gasteiger partial charge on any atom is 0.407 e. The summed E-state index contributed by atoms with van der Waals surface area (Å²) >= 11 is 0. The van der Waals surface area contributed by atoms with E-state index in [0.29, 0.717) is 13.1 Å². The van der Waals surface area contributed by atoms with E-state index in [0.717, 1.165) is 30.8 Å². The minimum atomic E-state index is -0.451. The Balaban J connectivity index is 2.08. The summed E-state index contributed by atoms with van der Waals surface area (Å²) in [7, 11) is 1.64. The highest BCUT2D eigenvalue weighted by Gasteiger charge is 2.15. The number of rotatable bonds is 8. The van der Waals surface area contributed by atoms with Crippen LogP contribution in [0.2, 0.25) is 0 Å². The second kappa shape index (κ2) is 9.25. The molecule has 1 rings (SSSR count). The van der Waals surface area contributed by atoms with Crippen molar-refractivity contribution in [3.05, 3.63) is 24.0 Å². The first-order valence-electron chi connectivity index (χ1n) is 7.58. The lowest BCUT2D eigenvalue weighted by molar-refractivity contribution is 0.0527. The van der Waals surface area contributed by atoms with Gasteiger partial charge in [0, 0.05) is 19.3 Å². The van der Waals surface area contributed by atoms with E-state index in [1.165, 1.54) is 0 Å². The molecule has 0 atom stereocenters. The second-order valence-corrected chi connectivity index (χ2v) is 5.96. The molecule has 0 bridgehead atoms. The number of unbranched alkanes of at least 4 members (excludes halogenated alkanes) is 1. The summed E-state index contributed by atoms with van der Waals surface area (Å²) in [5.41, 5.74) is 0.449. The lowest BCUT2D eigenvalue weighted by Gasteiger charge is -2.19. The van der Waals surface area contributed by atoms with Crippen molar-refractivity contribution in [3.8, 4) is 5.75 Å². The van der Waals surface area contributed by atoms with Gasteiger partial charge < -0.3 is 20.1 Å². The van der Waals surface area contributed by atoms with Gasteiger partial charge in [0.15, 0.2) is 0 Å². The molecule has 124 valence electrons. The first-order valence-corrected chi connectivity index (χ1v) is 7.58. The molecular weight excluding hydrogens is 282 g/mol.